The van der Waals surface area contributed by atoms with Gasteiger partial charge in [0.05, 0.1) is 4.83 Å². The topological polar surface area (TPSA) is 0 Å². The first-order valence-corrected chi connectivity index (χ1v) is 9.24. The summed E-state index contributed by atoms with van der Waals surface area (Å²) in [5, 5.41) is 0. The van der Waals surface area contributed by atoms with Crippen LogP contribution in [0.3, 0.4) is 0 Å². The first-order valence-electron chi connectivity index (χ1n) is 6.35. The number of alkyl halides is 1. The Balaban J connectivity index is 1.98. The van der Waals surface area contributed by atoms with Crippen molar-refractivity contribution in [2.75, 3.05) is 5.75 Å². The van der Waals surface area contributed by atoms with Crippen molar-refractivity contribution in [3.63, 3.8) is 0 Å². The summed E-state index contributed by atoms with van der Waals surface area (Å²) in [7, 11) is 0. The Bertz CT molecular complexity index is 628. The van der Waals surface area contributed by atoms with Gasteiger partial charge in [0.15, 0.2) is 0 Å². The van der Waals surface area contributed by atoms with E-state index in [-0.39, 0.29) is 4.83 Å². The maximum Gasteiger partial charge on any atom is 0.130 e. The number of hydrogen-bond donors (Lipinski definition) is 0. The van der Waals surface area contributed by atoms with Gasteiger partial charge in [0.2, 0.25) is 0 Å². The molecule has 0 aliphatic carbocycles. The van der Waals surface area contributed by atoms with Crippen LogP contribution in [0.15, 0.2) is 18.2 Å². The molecule has 2 aromatic rings. The zero-order chi connectivity index (χ0) is 14.3. The minimum Gasteiger partial charge on any atom is -0.207 e. The van der Waals surface area contributed by atoms with Crippen molar-refractivity contribution in [1.29, 1.82) is 0 Å². The van der Waals surface area contributed by atoms with Gasteiger partial charge in [-0.15, -0.1) is 11.3 Å². The molecule has 1 aromatic heterocycles. The third-order valence-corrected chi connectivity index (χ3v) is 7.05. The maximum atomic E-state index is 14.0. The molecule has 0 saturated carbocycles. The van der Waals surface area contributed by atoms with Crippen molar-refractivity contribution in [3.8, 4) is 0 Å². The highest BCUT2D eigenvalue weighted by atomic mass is 79.9. The molecule has 1 aliphatic rings. The van der Waals surface area contributed by atoms with E-state index >= 15 is 0 Å². The van der Waals surface area contributed by atoms with Crippen LogP contribution in [0, 0.1) is 18.6 Å². The van der Waals surface area contributed by atoms with Gasteiger partial charge in [-0.25, -0.2) is 8.78 Å². The van der Waals surface area contributed by atoms with Crippen LogP contribution in [-0.2, 0) is 12.2 Å². The Labute approximate surface area is 133 Å². The van der Waals surface area contributed by atoms with Gasteiger partial charge in [0, 0.05) is 27.1 Å². The second kappa shape index (κ2) is 5.78. The molecule has 2 heterocycles. The number of aryl methyl sites for hydroxylation is 2. The molecule has 0 bridgehead atoms. The Morgan fingerprint density at radius 2 is 2.00 bits per heavy atom. The average molecular weight is 375 g/mol. The first kappa shape index (κ1) is 14.5. The predicted octanol–water partition coefficient (Wildman–Crippen LogP) is 5.61. The minimum atomic E-state index is -0.493. The summed E-state index contributed by atoms with van der Waals surface area (Å²) in [5.74, 6) is 1.21. The number of thioether (sulfide) groups is 1. The van der Waals surface area contributed by atoms with E-state index in [0.29, 0.717) is 11.1 Å². The van der Waals surface area contributed by atoms with Crippen molar-refractivity contribution in [1.82, 2.24) is 0 Å². The molecule has 1 aromatic carbocycles. The molecular formula is C15H13BrF2S2. The summed E-state index contributed by atoms with van der Waals surface area (Å²) in [4.78, 5) is 2.30. The number of fused-ring (bicyclic) bond motifs is 1. The molecule has 0 fully saturated rings. The Morgan fingerprint density at radius 1 is 1.20 bits per heavy atom. The van der Waals surface area contributed by atoms with Crippen LogP contribution >= 0.6 is 39.0 Å². The fraction of sp³-hybridized carbons (Fsp3) is 0.333. The van der Waals surface area contributed by atoms with Gasteiger partial charge in [-0.2, -0.15) is 11.8 Å². The van der Waals surface area contributed by atoms with Crippen LogP contribution in [0.25, 0.3) is 0 Å². The van der Waals surface area contributed by atoms with Crippen LogP contribution < -0.4 is 0 Å². The zero-order valence-corrected chi connectivity index (χ0v) is 14.1. The normalized spacial score (nSPS) is 16.0. The molecule has 0 amide bonds. The molecule has 0 saturated heterocycles. The SMILES string of the molecule is Cc1cc(C(Br)c2cc3c(s2)CCSC3)c(F)cc1F. The van der Waals surface area contributed by atoms with Gasteiger partial charge >= 0.3 is 0 Å². The highest BCUT2D eigenvalue weighted by molar-refractivity contribution is 9.09. The molecule has 0 N–H and O–H groups in total. The third-order valence-electron chi connectivity index (χ3n) is 3.45. The smallest absolute Gasteiger partial charge is 0.130 e. The molecule has 0 spiro atoms. The third kappa shape index (κ3) is 2.68. The molecule has 1 aliphatic heterocycles. The monoisotopic (exact) mass is 374 g/mol. The molecule has 0 radical (unpaired) electrons. The molecule has 3 rings (SSSR count). The predicted molar refractivity (Wildman–Crippen MR) is 86.1 cm³/mol. The second-order valence-electron chi connectivity index (χ2n) is 4.89. The van der Waals surface area contributed by atoms with Gasteiger partial charge in [0.25, 0.3) is 0 Å². The van der Waals surface area contributed by atoms with E-state index in [2.05, 4.69) is 22.0 Å². The van der Waals surface area contributed by atoms with E-state index in [0.717, 1.165) is 28.9 Å². The van der Waals surface area contributed by atoms with Crippen LogP contribution in [-0.4, -0.2) is 5.75 Å². The van der Waals surface area contributed by atoms with Gasteiger partial charge in [0.1, 0.15) is 11.6 Å². The van der Waals surface area contributed by atoms with Crippen molar-refractivity contribution < 1.29 is 8.78 Å². The van der Waals surface area contributed by atoms with Gasteiger partial charge < -0.3 is 0 Å². The standard InChI is InChI=1S/C15H13BrF2S2/c1-8-4-10(12(18)6-11(8)17)15(16)14-5-9-7-19-3-2-13(9)20-14/h4-6,15H,2-3,7H2,1H3. The Morgan fingerprint density at radius 3 is 2.75 bits per heavy atom. The fourth-order valence-electron chi connectivity index (χ4n) is 2.32. The van der Waals surface area contributed by atoms with Crippen LogP contribution in [0.1, 0.15) is 31.3 Å². The van der Waals surface area contributed by atoms with Gasteiger partial charge in [-0.05, 0) is 42.4 Å². The maximum absolute atomic E-state index is 14.0. The Hall–Kier alpha value is -0.390. The molecule has 20 heavy (non-hydrogen) atoms. The van der Waals surface area contributed by atoms with Crippen molar-refractivity contribution >= 4 is 39.0 Å². The lowest BCUT2D eigenvalue weighted by Crippen LogP contribution is -1.98. The second-order valence-corrected chi connectivity index (χ2v) is 8.07. The summed E-state index contributed by atoms with van der Waals surface area (Å²) in [6.45, 7) is 1.66. The lowest BCUT2D eigenvalue weighted by atomic mass is 10.1. The van der Waals surface area contributed by atoms with E-state index in [4.69, 9.17) is 0 Å². The quantitative estimate of drug-likeness (QED) is 0.615. The van der Waals surface area contributed by atoms with E-state index in [9.17, 15) is 8.78 Å². The van der Waals surface area contributed by atoms with E-state index in [1.54, 1.807) is 24.3 Å². The van der Waals surface area contributed by atoms with Crippen LogP contribution in [0.5, 0.6) is 0 Å². The van der Waals surface area contributed by atoms with E-state index in [1.807, 2.05) is 11.8 Å². The number of rotatable bonds is 2. The molecule has 1 unspecified atom stereocenters. The number of benzene rings is 1. The summed E-state index contributed by atoms with van der Waals surface area (Å²) >= 11 is 7.24. The lowest BCUT2D eigenvalue weighted by molar-refractivity contribution is 0.569. The van der Waals surface area contributed by atoms with Crippen LogP contribution in [0.2, 0.25) is 0 Å². The molecule has 5 heteroatoms. The molecule has 0 nitrogen and oxygen atoms in total. The van der Waals surface area contributed by atoms with Crippen molar-refractivity contribution in [2.24, 2.45) is 0 Å². The summed E-state index contributed by atoms with van der Waals surface area (Å²) in [6, 6.07) is 4.73. The average Bonchev–Trinajstić information content (AvgIpc) is 2.86. The van der Waals surface area contributed by atoms with Crippen molar-refractivity contribution in [3.05, 3.63) is 56.3 Å². The van der Waals surface area contributed by atoms with E-state index < -0.39 is 11.6 Å². The van der Waals surface area contributed by atoms with Crippen molar-refractivity contribution in [2.45, 2.75) is 23.9 Å². The van der Waals surface area contributed by atoms with Gasteiger partial charge in [-0.3, -0.25) is 0 Å². The number of hydrogen-bond acceptors (Lipinski definition) is 2. The highest BCUT2D eigenvalue weighted by Crippen LogP contribution is 2.41. The fourth-order valence-corrected chi connectivity index (χ4v) is 5.46. The molecular weight excluding hydrogens is 362 g/mol. The van der Waals surface area contributed by atoms with Gasteiger partial charge in [-0.1, -0.05) is 15.9 Å². The van der Waals surface area contributed by atoms with Crippen LogP contribution in [0.4, 0.5) is 8.78 Å². The summed E-state index contributed by atoms with van der Waals surface area (Å²) in [6.07, 6.45) is 1.09. The highest BCUT2D eigenvalue weighted by Gasteiger charge is 2.22. The number of thiophene rings is 1. The summed E-state index contributed by atoms with van der Waals surface area (Å²) < 4.78 is 27.3. The number of halogens is 3. The largest absolute Gasteiger partial charge is 0.207 e. The minimum absolute atomic E-state index is 0.206. The summed E-state index contributed by atoms with van der Waals surface area (Å²) in [5.41, 5.74) is 2.35. The molecule has 1 atom stereocenters. The first-order chi connectivity index (χ1) is 9.56. The Kier molecular flexibility index (Phi) is 4.20. The lowest BCUT2D eigenvalue weighted by Gasteiger charge is -2.11. The zero-order valence-electron chi connectivity index (χ0n) is 10.9. The molecule has 106 valence electrons. The van der Waals surface area contributed by atoms with E-state index in [1.165, 1.54) is 10.4 Å².